The average Bonchev–Trinajstić information content (AvgIpc) is 2.84. The normalized spacial score (nSPS) is 10.6. The molecule has 0 aliphatic carbocycles. The van der Waals surface area contributed by atoms with Crippen molar-refractivity contribution in [1.82, 2.24) is 4.57 Å². The molecule has 0 saturated carbocycles. The fourth-order valence-corrected chi connectivity index (χ4v) is 3.39. The molecule has 0 saturated heterocycles. The summed E-state index contributed by atoms with van der Waals surface area (Å²) in [7, 11) is 1.27. The molecule has 2 aromatic rings. The molecule has 23 heavy (non-hydrogen) atoms. The van der Waals surface area contributed by atoms with Gasteiger partial charge < -0.3 is 15.0 Å². The van der Waals surface area contributed by atoms with Crippen LogP contribution in [-0.2, 0) is 4.74 Å². The van der Waals surface area contributed by atoms with E-state index >= 15 is 0 Å². The number of carbonyl (C=O) groups excluding carboxylic acids is 1. The number of thioether (sulfide) groups is 1. The Bertz CT molecular complexity index is 793. The lowest BCUT2D eigenvalue weighted by Gasteiger charge is -2.16. The van der Waals surface area contributed by atoms with E-state index in [0.29, 0.717) is 16.0 Å². The Labute approximate surface area is 144 Å². The Morgan fingerprint density at radius 2 is 2.17 bits per heavy atom. The standard InChI is InChI=1S/C16H16ClN3O2S/c1-9(2)23-15-11(17)5-4-6-12(15)20-8-10(7-18)13(19)14(20)16(21)22-3/h4-6,8-9H,19H2,1-3H3. The number of nitrogens with zero attached hydrogens (tertiary/aromatic N) is 2. The highest BCUT2D eigenvalue weighted by atomic mass is 35.5. The number of esters is 1. The van der Waals surface area contributed by atoms with Crippen LogP contribution in [0.25, 0.3) is 5.69 Å². The van der Waals surface area contributed by atoms with Crippen LogP contribution in [0.4, 0.5) is 5.69 Å². The van der Waals surface area contributed by atoms with Crippen molar-refractivity contribution < 1.29 is 9.53 Å². The number of nitrogen functional groups attached to an aromatic ring is 1. The number of nitrogens with two attached hydrogens (primary N) is 1. The number of aromatic nitrogens is 1. The molecule has 120 valence electrons. The van der Waals surface area contributed by atoms with Crippen LogP contribution in [0.3, 0.4) is 0 Å². The monoisotopic (exact) mass is 349 g/mol. The Kier molecular flexibility index (Phi) is 5.24. The minimum atomic E-state index is -0.607. The van der Waals surface area contributed by atoms with E-state index in [1.807, 2.05) is 26.0 Å². The van der Waals surface area contributed by atoms with E-state index in [2.05, 4.69) is 0 Å². The summed E-state index contributed by atoms with van der Waals surface area (Å²) in [5.41, 5.74) is 7.05. The number of methoxy groups -OCH3 is 1. The predicted octanol–water partition coefficient (Wildman–Crippen LogP) is 3.87. The van der Waals surface area contributed by atoms with Gasteiger partial charge in [0.2, 0.25) is 0 Å². The van der Waals surface area contributed by atoms with Crippen LogP contribution in [0.15, 0.2) is 29.3 Å². The van der Waals surface area contributed by atoms with Crippen LogP contribution in [0.2, 0.25) is 5.02 Å². The Morgan fingerprint density at radius 3 is 2.74 bits per heavy atom. The van der Waals surface area contributed by atoms with Gasteiger partial charge >= 0.3 is 5.97 Å². The average molecular weight is 350 g/mol. The van der Waals surface area contributed by atoms with Gasteiger partial charge in [-0.05, 0) is 12.1 Å². The van der Waals surface area contributed by atoms with Gasteiger partial charge in [0.05, 0.1) is 34.0 Å². The molecule has 2 rings (SSSR count). The number of benzene rings is 1. The van der Waals surface area contributed by atoms with Gasteiger partial charge in [0.15, 0.2) is 5.69 Å². The number of hydrogen-bond acceptors (Lipinski definition) is 5. The molecule has 7 heteroatoms. The summed E-state index contributed by atoms with van der Waals surface area (Å²) in [5.74, 6) is -0.607. The van der Waals surface area contributed by atoms with Gasteiger partial charge in [-0.2, -0.15) is 5.26 Å². The van der Waals surface area contributed by atoms with E-state index in [-0.39, 0.29) is 16.9 Å². The van der Waals surface area contributed by atoms with Crippen LogP contribution in [0.5, 0.6) is 0 Å². The summed E-state index contributed by atoms with van der Waals surface area (Å²) >= 11 is 7.89. The van der Waals surface area contributed by atoms with Crippen molar-refractivity contribution >= 4 is 35.0 Å². The number of nitriles is 1. The molecule has 0 spiro atoms. The van der Waals surface area contributed by atoms with E-state index in [0.717, 1.165) is 4.90 Å². The molecular weight excluding hydrogens is 334 g/mol. The SMILES string of the molecule is COC(=O)c1c(N)c(C#N)cn1-c1cccc(Cl)c1SC(C)C. The molecule has 0 atom stereocenters. The first kappa shape index (κ1) is 17.3. The van der Waals surface area contributed by atoms with Gasteiger partial charge in [0, 0.05) is 11.4 Å². The Balaban J connectivity index is 2.75. The van der Waals surface area contributed by atoms with Crippen molar-refractivity contribution in [3.05, 3.63) is 40.7 Å². The molecule has 0 fully saturated rings. The lowest BCUT2D eigenvalue weighted by Crippen LogP contribution is -2.12. The van der Waals surface area contributed by atoms with E-state index in [4.69, 9.17) is 22.1 Å². The van der Waals surface area contributed by atoms with Crippen molar-refractivity contribution in [2.24, 2.45) is 0 Å². The van der Waals surface area contributed by atoms with Crippen LogP contribution >= 0.6 is 23.4 Å². The van der Waals surface area contributed by atoms with Crippen LogP contribution in [-0.4, -0.2) is 22.9 Å². The largest absolute Gasteiger partial charge is 0.464 e. The van der Waals surface area contributed by atoms with Crippen LogP contribution in [0.1, 0.15) is 29.9 Å². The van der Waals surface area contributed by atoms with Crippen molar-refractivity contribution in [2.45, 2.75) is 24.0 Å². The molecular formula is C16H16ClN3O2S. The molecule has 5 nitrogen and oxygen atoms in total. The highest BCUT2D eigenvalue weighted by Gasteiger charge is 2.23. The third-order valence-corrected chi connectivity index (χ3v) is 4.67. The van der Waals surface area contributed by atoms with Gasteiger partial charge in [-0.15, -0.1) is 11.8 Å². The summed E-state index contributed by atoms with van der Waals surface area (Å²) in [6, 6.07) is 7.38. The molecule has 0 aliphatic heterocycles. The first-order valence-electron chi connectivity index (χ1n) is 6.85. The summed E-state index contributed by atoms with van der Waals surface area (Å²) < 4.78 is 6.37. The summed E-state index contributed by atoms with van der Waals surface area (Å²) in [5, 5.41) is 10.1. The minimum absolute atomic E-state index is 0.0971. The molecule has 1 heterocycles. The number of rotatable bonds is 4. The highest BCUT2D eigenvalue weighted by Crippen LogP contribution is 2.37. The lowest BCUT2D eigenvalue weighted by atomic mass is 10.2. The zero-order valence-corrected chi connectivity index (χ0v) is 14.5. The predicted molar refractivity (Wildman–Crippen MR) is 92.2 cm³/mol. The van der Waals surface area contributed by atoms with Gasteiger partial charge in [-0.1, -0.05) is 31.5 Å². The number of carbonyl (C=O) groups is 1. The van der Waals surface area contributed by atoms with Crippen molar-refractivity contribution in [1.29, 1.82) is 5.26 Å². The van der Waals surface area contributed by atoms with Gasteiger partial charge in [-0.3, -0.25) is 0 Å². The maximum Gasteiger partial charge on any atom is 0.357 e. The molecule has 1 aromatic carbocycles. The third-order valence-electron chi connectivity index (χ3n) is 3.10. The number of halogens is 1. The maximum atomic E-state index is 12.1. The lowest BCUT2D eigenvalue weighted by molar-refractivity contribution is 0.0593. The number of hydrogen-bond donors (Lipinski definition) is 1. The van der Waals surface area contributed by atoms with E-state index < -0.39 is 5.97 Å². The van der Waals surface area contributed by atoms with Crippen LogP contribution < -0.4 is 5.73 Å². The second-order valence-electron chi connectivity index (χ2n) is 5.03. The molecule has 2 N–H and O–H groups in total. The van der Waals surface area contributed by atoms with E-state index in [9.17, 15) is 10.1 Å². The summed E-state index contributed by atoms with van der Waals surface area (Å²) in [4.78, 5) is 12.9. The second-order valence-corrected chi connectivity index (χ2v) is 7.03. The molecule has 0 amide bonds. The highest BCUT2D eigenvalue weighted by molar-refractivity contribution is 8.00. The topological polar surface area (TPSA) is 81.0 Å². The van der Waals surface area contributed by atoms with E-state index in [1.165, 1.54) is 13.3 Å². The van der Waals surface area contributed by atoms with Gasteiger partial charge in [-0.25, -0.2) is 4.79 Å². The Morgan fingerprint density at radius 1 is 1.48 bits per heavy atom. The maximum absolute atomic E-state index is 12.1. The molecule has 0 aliphatic rings. The summed E-state index contributed by atoms with van der Waals surface area (Å²) in [6.07, 6.45) is 1.53. The van der Waals surface area contributed by atoms with Crippen molar-refractivity contribution in [2.75, 3.05) is 12.8 Å². The second kappa shape index (κ2) is 6.99. The van der Waals surface area contributed by atoms with Gasteiger partial charge in [0.1, 0.15) is 6.07 Å². The summed E-state index contributed by atoms with van der Waals surface area (Å²) in [6.45, 7) is 4.09. The van der Waals surface area contributed by atoms with Crippen molar-refractivity contribution in [3.8, 4) is 11.8 Å². The zero-order chi connectivity index (χ0) is 17.1. The fourth-order valence-electron chi connectivity index (χ4n) is 2.14. The zero-order valence-electron chi connectivity index (χ0n) is 13.0. The smallest absolute Gasteiger partial charge is 0.357 e. The minimum Gasteiger partial charge on any atom is -0.464 e. The molecule has 0 unspecified atom stereocenters. The number of anilines is 1. The Hall–Kier alpha value is -2.10. The quantitative estimate of drug-likeness (QED) is 0.669. The first-order chi connectivity index (χ1) is 10.9. The fraction of sp³-hybridized carbons (Fsp3) is 0.250. The number of ether oxygens (including phenoxy) is 1. The van der Waals surface area contributed by atoms with Gasteiger partial charge in [0.25, 0.3) is 0 Å². The molecule has 1 aromatic heterocycles. The van der Waals surface area contributed by atoms with E-state index in [1.54, 1.807) is 28.5 Å². The molecule has 0 radical (unpaired) electrons. The first-order valence-corrected chi connectivity index (χ1v) is 8.11. The third kappa shape index (κ3) is 3.31. The van der Waals surface area contributed by atoms with Crippen LogP contribution in [0, 0.1) is 11.3 Å². The van der Waals surface area contributed by atoms with Crippen molar-refractivity contribution in [3.63, 3.8) is 0 Å². The molecule has 0 bridgehead atoms.